The lowest BCUT2D eigenvalue weighted by Gasteiger charge is -2.10. The first-order chi connectivity index (χ1) is 7.88. The van der Waals surface area contributed by atoms with Crippen LogP contribution in [-0.4, -0.2) is 29.7 Å². The third-order valence-electron chi connectivity index (χ3n) is 1.62. The van der Waals surface area contributed by atoms with Crippen LogP contribution < -0.4 is 5.32 Å². The molecule has 0 fully saturated rings. The number of benzene rings is 1. The van der Waals surface area contributed by atoms with Crippen LogP contribution in [0.4, 0.5) is 4.39 Å². The molecule has 1 unspecified atom stereocenters. The number of hydrogen-bond donors (Lipinski definition) is 2. The zero-order chi connectivity index (χ0) is 13.1. The maximum absolute atomic E-state index is 12.8. The van der Waals surface area contributed by atoms with Crippen LogP contribution in [0, 0.1) is 0 Å². The van der Waals surface area contributed by atoms with Crippen molar-refractivity contribution in [2.45, 2.75) is 6.02 Å². The summed E-state index contributed by atoms with van der Waals surface area (Å²) in [7, 11) is 0. The van der Waals surface area contributed by atoms with E-state index in [4.69, 9.17) is 7.85 Å². The Bertz CT molecular complexity index is 427. The normalized spacial score (nSPS) is 17.9. The van der Waals surface area contributed by atoms with Crippen molar-refractivity contribution in [2.75, 3.05) is 6.65 Å². The monoisotopic (exact) mass is 213 g/mol. The van der Waals surface area contributed by atoms with E-state index in [0.717, 1.165) is 0 Å². The predicted octanol–water partition coefficient (Wildman–Crippen LogP) is 0.839. The first-order valence-electron chi connectivity index (χ1n) is 5.13. The zero-order valence-electron chi connectivity index (χ0n) is 9.61. The van der Waals surface area contributed by atoms with E-state index in [1.54, 1.807) is 11.4 Å². The fraction of sp³-hybridized carbons (Fsp3) is 0.200. The van der Waals surface area contributed by atoms with Gasteiger partial charge >= 0.3 is 5.97 Å². The number of hydrogen-bond acceptors (Lipinski definition) is 2. The molecule has 0 aliphatic heterocycles. The van der Waals surface area contributed by atoms with Crippen molar-refractivity contribution in [2.24, 2.45) is 0 Å². The predicted molar refractivity (Wildman–Crippen MR) is 51.3 cm³/mol. The highest BCUT2D eigenvalue weighted by Crippen LogP contribution is 1.99. The minimum absolute atomic E-state index is 0.0889. The molecule has 2 N–H and O–H groups in total. The first-order valence-corrected chi connectivity index (χ1v) is 4.05. The molecule has 0 aliphatic carbocycles. The van der Waals surface area contributed by atoms with Gasteiger partial charge in [0.25, 0.3) is 5.91 Å². The Morgan fingerprint density at radius 2 is 2.13 bits per heavy atom. The van der Waals surface area contributed by atoms with E-state index in [2.05, 4.69) is 0 Å². The molecule has 0 aromatic heterocycles. The Kier molecular flexibility index (Phi) is 2.85. The summed E-state index contributed by atoms with van der Waals surface area (Å²) < 4.78 is 26.6. The number of aliphatic carboxylic acids is 1. The van der Waals surface area contributed by atoms with Gasteiger partial charge in [0.15, 0.2) is 6.02 Å². The van der Waals surface area contributed by atoms with E-state index in [9.17, 15) is 14.0 Å². The second kappa shape index (κ2) is 5.09. The summed E-state index contributed by atoms with van der Waals surface area (Å²) in [5.41, 5.74) is 0.0889. The molecule has 0 heterocycles. The molecule has 1 amide bonds. The second-order valence-electron chi connectivity index (χ2n) is 2.65. The SMILES string of the molecule is [2H]C(F)[C@@]([2H])(NC(=O)c1ccccc1)C(=O)O. The van der Waals surface area contributed by atoms with Crippen molar-refractivity contribution in [3.63, 3.8) is 0 Å². The lowest BCUT2D eigenvalue weighted by atomic mass is 10.2. The van der Waals surface area contributed by atoms with Crippen LogP contribution in [0.25, 0.3) is 0 Å². The summed E-state index contributed by atoms with van der Waals surface area (Å²) in [5, 5.41) is 10.3. The highest BCUT2D eigenvalue weighted by Gasteiger charge is 2.19. The molecule has 80 valence electrons. The summed E-state index contributed by atoms with van der Waals surface area (Å²) in [6.45, 7) is -2.78. The average Bonchev–Trinajstić information content (AvgIpc) is 2.29. The number of carbonyl (C=O) groups excluding carboxylic acids is 1. The third kappa shape index (κ3) is 3.05. The smallest absolute Gasteiger partial charge is 0.328 e. The van der Waals surface area contributed by atoms with Crippen LogP contribution in [0.2, 0.25) is 0 Å². The van der Waals surface area contributed by atoms with Gasteiger partial charge in [0.1, 0.15) is 6.65 Å². The third-order valence-corrected chi connectivity index (χ3v) is 1.62. The van der Waals surface area contributed by atoms with Crippen LogP contribution in [0.1, 0.15) is 13.1 Å². The van der Waals surface area contributed by atoms with Gasteiger partial charge in [0.2, 0.25) is 0 Å². The highest BCUT2D eigenvalue weighted by molar-refractivity contribution is 5.96. The van der Waals surface area contributed by atoms with E-state index < -0.39 is 24.5 Å². The van der Waals surface area contributed by atoms with Gasteiger partial charge in [-0.1, -0.05) is 18.2 Å². The Hall–Kier alpha value is -1.91. The summed E-state index contributed by atoms with van der Waals surface area (Å²) in [6.07, 6.45) is 0. The molecule has 5 heteroatoms. The Balaban J connectivity index is 2.90. The topological polar surface area (TPSA) is 66.4 Å². The van der Waals surface area contributed by atoms with Gasteiger partial charge in [0, 0.05) is 5.56 Å². The Morgan fingerprint density at radius 1 is 1.53 bits per heavy atom. The van der Waals surface area contributed by atoms with E-state index in [-0.39, 0.29) is 5.56 Å². The van der Waals surface area contributed by atoms with Crippen molar-refractivity contribution >= 4 is 11.9 Å². The van der Waals surface area contributed by atoms with Crippen molar-refractivity contribution in [1.82, 2.24) is 5.32 Å². The molecule has 0 radical (unpaired) electrons. The van der Waals surface area contributed by atoms with Gasteiger partial charge in [-0.2, -0.15) is 0 Å². The number of carboxylic acid groups (broad SMARTS) is 1. The van der Waals surface area contributed by atoms with Crippen LogP contribution in [-0.2, 0) is 4.79 Å². The largest absolute Gasteiger partial charge is 0.480 e. The van der Waals surface area contributed by atoms with Crippen LogP contribution in [0.5, 0.6) is 0 Å². The molecule has 1 aromatic rings. The fourth-order valence-electron chi connectivity index (χ4n) is 0.911. The average molecular weight is 213 g/mol. The van der Waals surface area contributed by atoms with Gasteiger partial charge in [-0.15, -0.1) is 0 Å². The molecule has 0 spiro atoms. The van der Waals surface area contributed by atoms with Crippen LogP contribution in [0.15, 0.2) is 30.3 Å². The van der Waals surface area contributed by atoms with Crippen LogP contribution in [0.3, 0.4) is 0 Å². The van der Waals surface area contributed by atoms with Gasteiger partial charge in [-0.05, 0) is 12.1 Å². The zero-order valence-corrected chi connectivity index (χ0v) is 7.61. The maximum atomic E-state index is 12.8. The lowest BCUT2D eigenvalue weighted by Crippen LogP contribution is -2.42. The van der Waals surface area contributed by atoms with E-state index in [1.165, 1.54) is 24.3 Å². The standard InChI is InChI=1S/C10H10FNO3/c11-6-8(10(14)15)12-9(13)7-4-2-1-3-5-7/h1-5,8H,6H2,(H,12,13)(H,14,15)/t8-/m1/s1/i6D,8D/t6?,8-. The van der Waals surface area contributed by atoms with Gasteiger partial charge in [-0.3, -0.25) is 4.79 Å². The van der Waals surface area contributed by atoms with Crippen molar-refractivity contribution in [3.8, 4) is 0 Å². The van der Waals surface area contributed by atoms with Gasteiger partial charge < -0.3 is 10.4 Å². The van der Waals surface area contributed by atoms with E-state index in [1.807, 2.05) is 0 Å². The van der Waals surface area contributed by atoms with Crippen LogP contribution >= 0.6 is 0 Å². The molecule has 1 aromatic carbocycles. The number of rotatable bonds is 4. The molecule has 15 heavy (non-hydrogen) atoms. The number of halogens is 1. The summed E-state index contributed by atoms with van der Waals surface area (Å²) in [4.78, 5) is 22.2. The number of carboxylic acids is 1. The molecule has 1 rings (SSSR count). The number of carbonyl (C=O) groups is 2. The van der Waals surface area contributed by atoms with Crippen molar-refractivity contribution in [3.05, 3.63) is 35.9 Å². The minimum atomic E-state index is -3.01. The van der Waals surface area contributed by atoms with Gasteiger partial charge in [0.05, 0.1) is 2.74 Å². The molecular formula is C10H10FNO3. The molecule has 0 saturated heterocycles. The highest BCUT2D eigenvalue weighted by atomic mass is 19.1. The molecular weight excluding hydrogens is 201 g/mol. The summed E-state index contributed by atoms with van der Waals surface area (Å²) in [6, 6.07) is 4.48. The Morgan fingerprint density at radius 3 is 2.60 bits per heavy atom. The molecule has 4 nitrogen and oxygen atoms in total. The number of nitrogens with one attached hydrogen (secondary N) is 1. The summed E-state index contributed by atoms with van der Waals surface area (Å²) >= 11 is 0. The Labute approximate surface area is 88.5 Å². The molecule has 0 aliphatic rings. The fourth-order valence-corrected chi connectivity index (χ4v) is 0.911. The second-order valence-corrected chi connectivity index (χ2v) is 2.65. The molecule has 0 saturated carbocycles. The quantitative estimate of drug-likeness (QED) is 0.778. The van der Waals surface area contributed by atoms with E-state index >= 15 is 0 Å². The number of alkyl halides is 1. The lowest BCUT2D eigenvalue weighted by molar-refractivity contribution is -0.139. The van der Waals surface area contributed by atoms with Gasteiger partial charge in [-0.25, -0.2) is 9.18 Å². The molecule has 0 bridgehead atoms. The van der Waals surface area contributed by atoms with Crippen molar-refractivity contribution < 1.29 is 21.8 Å². The molecule has 2 atom stereocenters. The summed E-state index contributed by atoms with van der Waals surface area (Å²) in [5.74, 6) is -2.85. The first kappa shape index (κ1) is 8.40. The van der Waals surface area contributed by atoms with Crippen molar-refractivity contribution in [1.29, 1.82) is 0 Å². The number of amides is 1. The van der Waals surface area contributed by atoms with E-state index in [0.29, 0.717) is 0 Å². The minimum Gasteiger partial charge on any atom is -0.480 e. The maximum Gasteiger partial charge on any atom is 0.328 e.